The molecule has 0 saturated heterocycles. The van der Waals surface area contributed by atoms with Gasteiger partial charge in [-0.25, -0.2) is 4.98 Å². The SMILES string of the molecule is CCCNCCNc1c2ccccc2nc2cccc([N+](=O)[O-])c12. The van der Waals surface area contributed by atoms with E-state index in [0.29, 0.717) is 17.4 Å². The van der Waals surface area contributed by atoms with Crippen molar-refractivity contribution in [3.05, 3.63) is 52.6 Å². The minimum atomic E-state index is -0.348. The number of benzene rings is 2. The number of rotatable bonds is 7. The number of nitrogens with zero attached hydrogens (tertiary/aromatic N) is 2. The van der Waals surface area contributed by atoms with Gasteiger partial charge in [0.15, 0.2) is 0 Å². The Bertz CT molecular complexity index is 879. The van der Waals surface area contributed by atoms with E-state index < -0.39 is 0 Å². The summed E-state index contributed by atoms with van der Waals surface area (Å²) in [6.07, 6.45) is 1.08. The minimum Gasteiger partial charge on any atom is -0.382 e. The molecule has 0 unspecified atom stereocenters. The molecule has 3 rings (SSSR count). The van der Waals surface area contributed by atoms with E-state index in [1.165, 1.54) is 6.07 Å². The van der Waals surface area contributed by atoms with Crippen molar-refractivity contribution in [1.29, 1.82) is 0 Å². The average molecular weight is 324 g/mol. The number of nitro benzene ring substituents is 1. The van der Waals surface area contributed by atoms with E-state index in [2.05, 4.69) is 22.5 Å². The van der Waals surface area contributed by atoms with Gasteiger partial charge in [0.2, 0.25) is 0 Å². The summed E-state index contributed by atoms with van der Waals surface area (Å²) in [5, 5.41) is 19.6. The van der Waals surface area contributed by atoms with Crippen LogP contribution < -0.4 is 10.6 Å². The van der Waals surface area contributed by atoms with E-state index in [-0.39, 0.29) is 10.6 Å². The van der Waals surface area contributed by atoms with Crippen LogP contribution in [0.15, 0.2) is 42.5 Å². The molecule has 1 aromatic heterocycles. The highest BCUT2D eigenvalue weighted by Gasteiger charge is 2.18. The second kappa shape index (κ2) is 7.23. The summed E-state index contributed by atoms with van der Waals surface area (Å²) in [7, 11) is 0. The molecule has 1 heterocycles. The van der Waals surface area contributed by atoms with Crippen molar-refractivity contribution < 1.29 is 4.92 Å². The van der Waals surface area contributed by atoms with Crippen LogP contribution >= 0.6 is 0 Å². The van der Waals surface area contributed by atoms with Crippen LogP contribution in [0.1, 0.15) is 13.3 Å². The summed E-state index contributed by atoms with van der Waals surface area (Å²) in [4.78, 5) is 15.7. The highest BCUT2D eigenvalue weighted by Crippen LogP contribution is 2.36. The lowest BCUT2D eigenvalue weighted by atomic mass is 10.1. The maximum absolute atomic E-state index is 11.5. The van der Waals surface area contributed by atoms with Gasteiger partial charge in [0.05, 0.1) is 21.6 Å². The van der Waals surface area contributed by atoms with Crippen molar-refractivity contribution >= 4 is 33.2 Å². The van der Waals surface area contributed by atoms with Crippen LogP contribution in [0.2, 0.25) is 0 Å². The number of anilines is 1. The Morgan fingerprint density at radius 1 is 1.04 bits per heavy atom. The molecule has 0 radical (unpaired) electrons. The summed E-state index contributed by atoms with van der Waals surface area (Å²) in [5.41, 5.74) is 2.32. The molecule has 0 amide bonds. The van der Waals surface area contributed by atoms with E-state index in [1.807, 2.05) is 30.3 Å². The Morgan fingerprint density at radius 3 is 2.62 bits per heavy atom. The van der Waals surface area contributed by atoms with Crippen LogP contribution in [0.25, 0.3) is 21.8 Å². The van der Waals surface area contributed by atoms with Crippen molar-refractivity contribution in [2.24, 2.45) is 0 Å². The van der Waals surface area contributed by atoms with E-state index in [0.717, 1.165) is 36.1 Å². The zero-order valence-electron chi connectivity index (χ0n) is 13.6. The Labute approximate surface area is 140 Å². The first-order chi connectivity index (χ1) is 11.7. The molecule has 24 heavy (non-hydrogen) atoms. The van der Waals surface area contributed by atoms with E-state index in [4.69, 9.17) is 0 Å². The molecule has 0 fully saturated rings. The summed E-state index contributed by atoms with van der Waals surface area (Å²) in [6, 6.07) is 12.7. The summed E-state index contributed by atoms with van der Waals surface area (Å²) in [6.45, 7) is 4.56. The monoisotopic (exact) mass is 324 g/mol. The molecule has 0 spiro atoms. The zero-order valence-corrected chi connectivity index (χ0v) is 13.6. The lowest BCUT2D eigenvalue weighted by Gasteiger charge is -2.13. The van der Waals surface area contributed by atoms with Crippen molar-refractivity contribution in [3.8, 4) is 0 Å². The lowest BCUT2D eigenvalue weighted by Crippen LogP contribution is -2.23. The molecule has 0 aliphatic heterocycles. The third-order valence-corrected chi connectivity index (χ3v) is 3.91. The summed E-state index contributed by atoms with van der Waals surface area (Å²) < 4.78 is 0. The Balaban J connectivity index is 2.11. The Morgan fingerprint density at radius 2 is 1.83 bits per heavy atom. The van der Waals surface area contributed by atoms with Crippen molar-refractivity contribution in [2.75, 3.05) is 25.0 Å². The third kappa shape index (κ3) is 3.14. The molecule has 3 aromatic rings. The highest BCUT2D eigenvalue weighted by atomic mass is 16.6. The topological polar surface area (TPSA) is 80.1 Å². The fourth-order valence-corrected chi connectivity index (χ4v) is 2.84. The van der Waals surface area contributed by atoms with Crippen LogP contribution in [-0.2, 0) is 0 Å². The molecule has 2 aromatic carbocycles. The van der Waals surface area contributed by atoms with Crippen molar-refractivity contribution in [1.82, 2.24) is 10.3 Å². The maximum atomic E-state index is 11.5. The predicted octanol–water partition coefficient (Wildman–Crippen LogP) is 3.71. The van der Waals surface area contributed by atoms with Gasteiger partial charge in [-0.15, -0.1) is 0 Å². The molecular weight excluding hydrogens is 304 g/mol. The average Bonchev–Trinajstić information content (AvgIpc) is 2.60. The number of hydrogen-bond donors (Lipinski definition) is 2. The first-order valence-electron chi connectivity index (χ1n) is 8.13. The van der Waals surface area contributed by atoms with Crippen LogP contribution in [0.5, 0.6) is 0 Å². The van der Waals surface area contributed by atoms with Crippen LogP contribution in [-0.4, -0.2) is 29.5 Å². The molecule has 0 aliphatic carbocycles. The Kier molecular flexibility index (Phi) is 4.86. The first-order valence-corrected chi connectivity index (χ1v) is 8.13. The van der Waals surface area contributed by atoms with Gasteiger partial charge in [0.1, 0.15) is 5.39 Å². The first kappa shape index (κ1) is 16.1. The van der Waals surface area contributed by atoms with Crippen molar-refractivity contribution in [3.63, 3.8) is 0 Å². The van der Waals surface area contributed by atoms with Gasteiger partial charge in [0, 0.05) is 24.5 Å². The molecular formula is C18H20N4O2. The van der Waals surface area contributed by atoms with Gasteiger partial charge in [-0.1, -0.05) is 31.2 Å². The van der Waals surface area contributed by atoms with E-state index >= 15 is 0 Å². The molecule has 124 valence electrons. The van der Waals surface area contributed by atoms with Crippen LogP contribution in [0, 0.1) is 10.1 Å². The van der Waals surface area contributed by atoms with Gasteiger partial charge in [0.25, 0.3) is 5.69 Å². The normalized spacial score (nSPS) is 11.0. The number of nitrogens with one attached hydrogen (secondary N) is 2. The molecule has 2 N–H and O–H groups in total. The maximum Gasteiger partial charge on any atom is 0.280 e. The number of nitro groups is 1. The highest BCUT2D eigenvalue weighted by molar-refractivity contribution is 6.11. The fourth-order valence-electron chi connectivity index (χ4n) is 2.84. The van der Waals surface area contributed by atoms with Gasteiger partial charge in [-0.3, -0.25) is 10.1 Å². The largest absolute Gasteiger partial charge is 0.382 e. The molecule has 0 aliphatic rings. The second-order valence-electron chi connectivity index (χ2n) is 5.61. The smallest absolute Gasteiger partial charge is 0.280 e. The molecule has 6 nitrogen and oxygen atoms in total. The molecule has 6 heteroatoms. The van der Waals surface area contributed by atoms with Gasteiger partial charge in [-0.2, -0.15) is 0 Å². The molecule has 0 atom stereocenters. The third-order valence-electron chi connectivity index (χ3n) is 3.91. The number of pyridine rings is 1. The van der Waals surface area contributed by atoms with Crippen LogP contribution in [0.3, 0.4) is 0 Å². The standard InChI is InChI=1S/C18H20N4O2/c1-2-10-19-11-12-20-18-13-6-3-4-7-14(13)21-15-8-5-9-16(17(15)18)22(23)24/h3-9,19H,2,10-12H2,1H3,(H,20,21). The fraction of sp³-hybridized carbons (Fsp3) is 0.278. The lowest BCUT2D eigenvalue weighted by molar-refractivity contribution is -0.383. The number of non-ortho nitro benzene ring substituents is 1. The van der Waals surface area contributed by atoms with Crippen molar-refractivity contribution in [2.45, 2.75) is 13.3 Å². The molecule has 0 bridgehead atoms. The van der Waals surface area contributed by atoms with Gasteiger partial charge in [-0.05, 0) is 25.1 Å². The zero-order chi connectivity index (χ0) is 16.9. The van der Waals surface area contributed by atoms with E-state index in [9.17, 15) is 10.1 Å². The quantitative estimate of drug-likeness (QED) is 0.300. The number of fused-ring (bicyclic) bond motifs is 2. The minimum absolute atomic E-state index is 0.0785. The van der Waals surface area contributed by atoms with Gasteiger partial charge >= 0.3 is 0 Å². The second-order valence-corrected chi connectivity index (χ2v) is 5.61. The van der Waals surface area contributed by atoms with Gasteiger partial charge < -0.3 is 10.6 Å². The number of aromatic nitrogens is 1. The Hall–Kier alpha value is -2.73. The molecule has 0 saturated carbocycles. The number of hydrogen-bond acceptors (Lipinski definition) is 5. The predicted molar refractivity (Wildman–Crippen MR) is 97.6 cm³/mol. The summed E-state index contributed by atoms with van der Waals surface area (Å²) >= 11 is 0. The van der Waals surface area contributed by atoms with E-state index in [1.54, 1.807) is 6.07 Å². The van der Waals surface area contributed by atoms with Crippen LogP contribution in [0.4, 0.5) is 11.4 Å². The summed E-state index contributed by atoms with van der Waals surface area (Å²) in [5.74, 6) is 0. The number of para-hydroxylation sites is 1.